The number of benzene rings is 2. The smallest absolute Gasteiger partial charge is 0.147 e. The van der Waals surface area contributed by atoms with Crippen LogP contribution >= 0.6 is 11.6 Å². The lowest BCUT2D eigenvalue weighted by Gasteiger charge is -2.18. The zero-order chi connectivity index (χ0) is 14.2. The molecule has 4 heteroatoms. The van der Waals surface area contributed by atoms with Crippen LogP contribution in [0.3, 0.4) is 0 Å². The van der Waals surface area contributed by atoms with Gasteiger partial charge in [-0.25, -0.2) is 8.78 Å². The van der Waals surface area contributed by atoms with Crippen LogP contribution < -0.4 is 0 Å². The summed E-state index contributed by atoms with van der Waals surface area (Å²) in [5.41, 5.74) is 1.74. The molecule has 1 unspecified atom stereocenters. The average Bonchev–Trinajstić information content (AvgIpc) is 2.31. The topological polar surface area (TPSA) is 20.2 Å². The molecule has 0 radical (unpaired) electrons. The number of aliphatic hydroxyl groups is 1. The molecule has 0 amide bonds. The van der Waals surface area contributed by atoms with E-state index in [0.717, 1.165) is 0 Å². The molecule has 1 atom stereocenters. The zero-order valence-electron chi connectivity index (χ0n) is 10.5. The summed E-state index contributed by atoms with van der Waals surface area (Å²) < 4.78 is 27.2. The van der Waals surface area contributed by atoms with Crippen molar-refractivity contribution in [2.24, 2.45) is 0 Å². The summed E-state index contributed by atoms with van der Waals surface area (Å²) in [7, 11) is 0. The van der Waals surface area contributed by atoms with Gasteiger partial charge in [0.1, 0.15) is 17.7 Å². The number of rotatable bonds is 2. The molecule has 1 nitrogen and oxygen atoms in total. The van der Waals surface area contributed by atoms with E-state index in [1.807, 2.05) is 0 Å². The Labute approximate surface area is 115 Å². The van der Waals surface area contributed by atoms with Crippen LogP contribution in [0.5, 0.6) is 0 Å². The van der Waals surface area contributed by atoms with Gasteiger partial charge in [-0.1, -0.05) is 23.7 Å². The molecule has 19 heavy (non-hydrogen) atoms. The second kappa shape index (κ2) is 5.27. The fourth-order valence-corrected chi connectivity index (χ4v) is 2.42. The van der Waals surface area contributed by atoms with Crippen molar-refractivity contribution < 1.29 is 13.9 Å². The van der Waals surface area contributed by atoms with Crippen molar-refractivity contribution >= 4 is 11.6 Å². The Morgan fingerprint density at radius 2 is 1.68 bits per heavy atom. The number of hydrogen-bond donors (Lipinski definition) is 1. The molecule has 0 aliphatic carbocycles. The predicted molar refractivity (Wildman–Crippen MR) is 71.3 cm³/mol. The maximum absolute atomic E-state index is 13.9. The van der Waals surface area contributed by atoms with Crippen molar-refractivity contribution in [3.05, 3.63) is 69.2 Å². The Bertz CT molecular complexity index is 603. The van der Waals surface area contributed by atoms with E-state index in [1.54, 1.807) is 19.9 Å². The number of aryl methyl sites for hydroxylation is 2. The third-order valence-electron chi connectivity index (χ3n) is 3.11. The van der Waals surface area contributed by atoms with Crippen molar-refractivity contribution in [3.8, 4) is 0 Å². The van der Waals surface area contributed by atoms with E-state index >= 15 is 0 Å². The van der Waals surface area contributed by atoms with E-state index in [0.29, 0.717) is 16.7 Å². The molecule has 2 rings (SSSR count). The summed E-state index contributed by atoms with van der Waals surface area (Å²) in [5.74, 6) is -1.03. The molecule has 0 saturated carbocycles. The second-order valence-corrected chi connectivity index (χ2v) is 4.91. The molecule has 0 aromatic heterocycles. The molecule has 0 fully saturated rings. The predicted octanol–water partition coefficient (Wildman–Crippen LogP) is 4.32. The van der Waals surface area contributed by atoms with Crippen molar-refractivity contribution in [1.82, 2.24) is 0 Å². The summed E-state index contributed by atoms with van der Waals surface area (Å²) >= 11 is 5.70. The quantitative estimate of drug-likeness (QED) is 0.870. The summed E-state index contributed by atoms with van der Waals surface area (Å²) in [6, 6.07) is 7.08. The van der Waals surface area contributed by atoms with Crippen LogP contribution in [-0.4, -0.2) is 5.11 Å². The summed E-state index contributed by atoms with van der Waals surface area (Å²) in [6.07, 6.45) is -1.17. The van der Waals surface area contributed by atoms with E-state index in [2.05, 4.69) is 0 Å². The Morgan fingerprint density at radius 3 is 2.26 bits per heavy atom. The van der Waals surface area contributed by atoms with Crippen LogP contribution in [0, 0.1) is 25.5 Å². The highest BCUT2D eigenvalue weighted by molar-refractivity contribution is 6.30. The largest absolute Gasteiger partial charge is 0.384 e. The maximum Gasteiger partial charge on any atom is 0.147 e. The highest BCUT2D eigenvalue weighted by Gasteiger charge is 2.20. The normalized spacial score (nSPS) is 12.5. The van der Waals surface area contributed by atoms with Crippen LogP contribution in [0.2, 0.25) is 5.02 Å². The van der Waals surface area contributed by atoms with Gasteiger partial charge in [-0.15, -0.1) is 0 Å². The first-order valence-corrected chi connectivity index (χ1v) is 6.18. The van der Waals surface area contributed by atoms with Gasteiger partial charge in [0.15, 0.2) is 0 Å². The van der Waals surface area contributed by atoms with Gasteiger partial charge in [-0.2, -0.15) is 0 Å². The minimum absolute atomic E-state index is 0.0473. The Kier molecular flexibility index (Phi) is 3.88. The average molecular weight is 283 g/mol. The fourth-order valence-electron chi connectivity index (χ4n) is 2.24. The van der Waals surface area contributed by atoms with Crippen molar-refractivity contribution in [2.45, 2.75) is 20.0 Å². The molecule has 100 valence electrons. The molecular weight excluding hydrogens is 270 g/mol. The molecule has 0 bridgehead atoms. The third-order valence-corrected chi connectivity index (χ3v) is 3.40. The van der Waals surface area contributed by atoms with Crippen LogP contribution in [0.25, 0.3) is 0 Å². The van der Waals surface area contributed by atoms with Crippen LogP contribution in [0.4, 0.5) is 8.78 Å². The van der Waals surface area contributed by atoms with Crippen LogP contribution in [-0.2, 0) is 0 Å². The lowest BCUT2D eigenvalue weighted by atomic mass is 9.93. The summed E-state index contributed by atoms with van der Waals surface area (Å²) in [5, 5.41) is 10.3. The number of hydrogen-bond acceptors (Lipinski definition) is 1. The fraction of sp³-hybridized carbons (Fsp3) is 0.200. The molecule has 0 saturated heterocycles. The lowest BCUT2D eigenvalue weighted by molar-refractivity contribution is 0.213. The Balaban J connectivity index is 2.56. The molecule has 0 heterocycles. The SMILES string of the molecule is Cc1cc(F)cc(C)c1C(O)c1cccc(Cl)c1F. The van der Waals surface area contributed by atoms with Crippen molar-refractivity contribution in [1.29, 1.82) is 0 Å². The molecular formula is C15H13ClF2O. The summed E-state index contributed by atoms with van der Waals surface area (Å²) in [6.45, 7) is 3.36. The highest BCUT2D eigenvalue weighted by Crippen LogP contribution is 2.32. The number of halogens is 3. The molecule has 0 aliphatic rings. The van der Waals surface area contributed by atoms with Gasteiger partial charge < -0.3 is 5.11 Å². The first-order valence-electron chi connectivity index (χ1n) is 5.80. The van der Waals surface area contributed by atoms with Gasteiger partial charge in [0.25, 0.3) is 0 Å². The van der Waals surface area contributed by atoms with E-state index in [1.165, 1.54) is 24.3 Å². The molecule has 2 aromatic rings. The summed E-state index contributed by atoms with van der Waals surface area (Å²) in [4.78, 5) is 0. The minimum atomic E-state index is -1.17. The number of aliphatic hydroxyl groups excluding tert-OH is 1. The molecule has 2 aromatic carbocycles. The van der Waals surface area contributed by atoms with E-state index in [9.17, 15) is 13.9 Å². The van der Waals surface area contributed by atoms with Crippen LogP contribution in [0.1, 0.15) is 28.4 Å². The first-order chi connectivity index (χ1) is 8.91. The minimum Gasteiger partial charge on any atom is -0.384 e. The van der Waals surface area contributed by atoms with E-state index in [-0.39, 0.29) is 16.4 Å². The highest BCUT2D eigenvalue weighted by atomic mass is 35.5. The molecule has 0 aliphatic heterocycles. The Hall–Kier alpha value is -1.45. The molecule has 0 spiro atoms. The lowest BCUT2D eigenvalue weighted by Crippen LogP contribution is -2.07. The van der Waals surface area contributed by atoms with Crippen molar-refractivity contribution in [2.75, 3.05) is 0 Å². The van der Waals surface area contributed by atoms with Gasteiger partial charge in [-0.3, -0.25) is 0 Å². The monoisotopic (exact) mass is 282 g/mol. The van der Waals surface area contributed by atoms with Gasteiger partial charge in [0.05, 0.1) is 5.02 Å². The Morgan fingerprint density at radius 1 is 1.11 bits per heavy atom. The second-order valence-electron chi connectivity index (χ2n) is 4.50. The van der Waals surface area contributed by atoms with Gasteiger partial charge in [-0.05, 0) is 48.7 Å². The van der Waals surface area contributed by atoms with Crippen molar-refractivity contribution in [3.63, 3.8) is 0 Å². The zero-order valence-corrected chi connectivity index (χ0v) is 11.3. The van der Waals surface area contributed by atoms with E-state index < -0.39 is 11.9 Å². The molecule has 1 N–H and O–H groups in total. The van der Waals surface area contributed by atoms with E-state index in [4.69, 9.17) is 11.6 Å². The van der Waals surface area contributed by atoms with Crippen LogP contribution in [0.15, 0.2) is 30.3 Å². The van der Waals surface area contributed by atoms with Gasteiger partial charge in [0.2, 0.25) is 0 Å². The standard InChI is InChI=1S/C15H13ClF2O/c1-8-6-10(17)7-9(2)13(8)15(19)11-4-3-5-12(16)14(11)18/h3-7,15,19H,1-2H3. The third kappa shape index (κ3) is 2.62. The van der Waals surface area contributed by atoms with Gasteiger partial charge in [0, 0.05) is 5.56 Å². The maximum atomic E-state index is 13.9. The van der Waals surface area contributed by atoms with Gasteiger partial charge >= 0.3 is 0 Å². The first kappa shape index (κ1) is 14.0.